The minimum absolute atomic E-state index is 0.0355. The average Bonchev–Trinajstić information content (AvgIpc) is 2.35. The molecule has 102 valence electrons. The van der Waals surface area contributed by atoms with Crippen molar-refractivity contribution < 1.29 is 13.5 Å². The normalized spacial score (nSPS) is 26.0. The Hall–Kier alpha value is -0.130. The summed E-state index contributed by atoms with van der Waals surface area (Å²) in [5, 5.41) is 8.61. The third-order valence-corrected chi connectivity index (χ3v) is 5.14. The van der Waals surface area contributed by atoms with E-state index >= 15 is 0 Å². The predicted molar refractivity (Wildman–Crippen MR) is 69.2 cm³/mol. The zero-order valence-electron chi connectivity index (χ0n) is 10.7. The second-order valence-electron chi connectivity index (χ2n) is 5.04. The summed E-state index contributed by atoms with van der Waals surface area (Å²) >= 11 is 0. The molecule has 0 radical (unpaired) electrons. The fourth-order valence-corrected chi connectivity index (χ4v) is 3.56. The van der Waals surface area contributed by atoms with Gasteiger partial charge in [0.1, 0.15) is 0 Å². The van der Waals surface area contributed by atoms with Crippen LogP contribution in [0.3, 0.4) is 0 Å². The number of rotatable bonds is 7. The molecule has 0 aromatic rings. The van der Waals surface area contributed by atoms with Crippen LogP contribution in [0, 0.1) is 11.8 Å². The molecule has 4 nitrogen and oxygen atoms in total. The van der Waals surface area contributed by atoms with Crippen molar-refractivity contribution in [1.82, 2.24) is 4.72 Å². The summed E-state index contributed by atoms with van der Waals surface area (Å²) in [4.78, 5) is 0. The maximum absolute atomic E-state index is 11.5. The van der Waals surface area contributed by atoms with Gasteiger partial charge in [-0.2, -0.15) is 0 Å². The van der Waals surface area contributed by atoms with Crippen molar-refractivity contribution in [3.8, 4) is 0 Å². The van der Waals surface area contributed by atoms with Crippen LogP contribution < -0.4 is 4.72 Å². The smallest absolute Gasteiger partial charge is 0.211 e. The Labute approximate surface area is 105 Å². The molecule has 1 aliphatic rings. The summed E-state index contributed by atoms with van der Waals surface area (Å²) in [5.41, 5.74) is 0. The highest BCUT2D eigenvalue weighted by molar-refractivity contribution is 7.89. The van der Waals surface area contributed by atoms with Gasteiger partial charge in [0.2, 0.25) is 10.0 Å². The highest BCUT2D eigenvalue weighted by Gasteiger charge is 2.21. The SMILES string of the molecule is CCC1CCC(CNS(=O)(=O)CCCO)CC1. The van der Waals surface area contributed by atoms with Crippen molar-refractivity contribution in [2.24, 2.45) is 11.8 Å². The van der Waals surface area contributed by atoms with E-state index in [2.05, 4.69) is 11.6 Å². The van der Waals surface area contributed by atoms with Crippen LogP contribution in [0.4, 0.5) is 0 Å². The maximum Gasteiger partial charge on any atom is 0.211 e. The number of aliphatic hydroxyl groups excluding tert-OH is 1. The molecule has 0 aromatic heterocycles. The van der Waals surface area contributed by atoms with Crippen LogP contribution >= 0.6 is 0 Å². The van der Waals surface area contributed by atoms with Crippen molar-refractivity contribution in [2.45, 2.75) is 45.4 Å². The monoisotopic (exact) mass is 263 g/mol. The van der Waals surface area contributed by atoms with Crippen LogP contribution in [0.25, 0.3) is 0 Å². The molecule has 0 saturated heterocycles. The summed E-state index contributed by atoms with van der Waals surface area (Å²) in [5.74, 6) is 1.38. The van der Waals surface area contributed by atoms with Crippen LogP contribution in [-0.2, 0) is 10.0 Å². The first kappa shape index (κ1) is 14.9. The van der Waals surface area contributed by atoms with E-state index < -0.39 is 10.0 Å². The molecule has 0 bridgehead atoms. The molecule has 2 N–H and O–H groups in total. The number of hydrogen-bond donors (Lipinski definition) is 2. The molecule has 0 heterocycles. The molecule has 17 heavy (non-hydrogen) atoms. The second kappa shape index (κ2) is 7.34. The van der Waals surface area contributed by atoms with Gasteiger partial charge in [0.05, 0.1) is 5.75 Å². The average molecular weight is 263 g/mol. The lowest BCUT2D eigenvalue weighted by Gasteiger charge is -2.27. The van der Waals surface area contributed by atoms with E-state index in [0.717, 1.165) is 18.8 Å². The molecule has 0 atom stereocenters. The van der Waals surface area contributed by atoms with Crippen molar-refractivity contribution >= 4 is 10.0 Å². The molecule has 1 fully saturated rings. The quantitative estimate of drug-likeness (QED) is 0.731. The van der Waals surface area contributed by atoms with Crippen molar-refractivity contribution in [2.75, 3.05) is 18.9 Å². The van der Waals surface area contributed by atoms with E-state index in [1.807, 2.05) is 0 Å². The summed E-state index contributed by atoms with van der Waals surface area (Å²) < 4.78 is 25.7. The minimum atomic E-state index is -3.17. The third-order valence-electron chi connectivity index (χ3n) is 3.71. The Balaban J connectivity index is 2.23. The maximum atomic E-state index is 11.5. The first-order valence-electron chi connectivity index (χ1n) is 6.65. The molecule has 0 aromatic carbocycles. The fraction of sp³-hybridized carbons (Fsp3) is 1.00. The number of nitrogens with one attached hydrogen (secondary N) is 1. The zero-order chi connectivity index (χ0) is 12.7. The van der Waals surface area contributed by atoms with Gasteiger partial charge in [0.25, 0.3) is 0 Å². The lowest BCUT2D eigenvalue weighted by atomic mass is 9.81. The van der Waals surface area contributed by atoms with Gasteiger partial charge in [-0.05, 0) is 31.1 Å². The first-order valence-corrected chi connectivity index (χ1v) is 8.30. The molecule has 5 heteroatoms. The van der Waals surface area contributed by atoms with E-state index in [1.54, 1.807) is 0 Å². The Bertz CT molecular complexity index is 295. The van der Waals surface area contributed by atoms with Gasteiger partial charge in [-0.15, -0.1) is 0 Å². The zero-order valence-corrected chi connectivity index (χ0v) is 11.5. The molecule has 1 aliphatic carbocycles. The van der Waals surface area contributed by atoms with Crippen LogP contribution in [0.15, 0.2) is 0 Å². The van der Waals surface area contributed by atoms with Crippen molar-refractivity contribution in [3.63, 3.8) is 0 Å². The standard InChI is InChI=1S/C12H25NO3S/c1-2-11-4-6-12(7-5-11)10-13-17(15,16)9-3-8-14/h11-14H,2-10H2,1H3. The Kier molecular flexibility index (Phi) is 6.44. The second-order valence-corrected chi connectivity index (χ2v) is 6.97. The van der Waals surface area contributed by atoms with Crippen molar-refractivity contribution in [1.29, 1.82) is 0 Å². The Morgan fingerprint density at radius 3 is 2.29 bits per heavy atom. The van der Waals surface area contributed by atoms with Crippen molar-refractivity contribution in [3.05, 3.63) is 0 Å². The molecule has 0 aliphatic heterocycles. The van der Waals surface area contributed by atoms with E-state index in [-0.39, 0.29) is 12.4 Å². The molecule has 0 unspecified atom stereocenters. The van der Waals surface area contributed by atoms with Gasteiger partial charge in [0.15, 0.2) is 0 Å². The van der Waals surface area contributed by atoms with Crippen LogP contribution in [0.1, 0.15) is 45.4 Å². The van der Waals surface area contributed by atoms with Crippen LogP contribution in [0.2, 0.25) is 0 Å². The molecule has 1 rings (SSSR count). The van der Waals surface area contributed by atoms with E-state index in [0.29, 0.717) is 18.9 Å². The Morgan fingerprint density at radius 2 is 1.76 bits per heavy atom. The van der Waals surface area contributed by atoms with Gasteiger partial charge in [-0.1, -0.05) is 26.2 Å². The number of hydrogen-bond acceptors (Lipinski definition) is 3. The van der Waals surface area contributed by atoms with Gasteiger partial charge in [0, 0.05) is 13.2 Å². The van der Waals surface area contributed by atoms with Gasteiger partial charge in [-0.3, -0.25) is 0 Å². The van der Waals surface area contributed by atoms with Gasteiger partial charge < -0.3 is 5.11 Å². The summed E-state index contributed by atoms with van der Waals surface area (Å²) in [6.45, 7) is 2.73. The van der Waals surface area contributed by atoms with Crippen LogP contribution in [0.5, 0.6) is 0 Å². The summed E-state index contributed by atoms with van der Waals surface area (Å²) in [6.07, 6.45) is 6.31. The Morgan fingerprint density at radius 1 is 1.18 bits per heavy atom. The first-order chi connectivity index (χ1) is 8.07. The number of aliphatic hydroxyl groups is 1. The summed E-state index contributed by atoms with van der Waals surface area (Å²) in [7, 11) is -3.17. The highest BCUT2D eigenvalue weighted by Crippen LogP contribution is 2.30. The lowest BCUT2D eigenvalue weighted by molar-refractivity contribution is 0.269. The van der Waals surface area contributed by atoms with Crippen LogP contribution in [-0.4, -0.2) is 32.4 Å². The van der Waals surface area contributed by atoms with Gasteiger partial charge >= 0.3 is 0 Å². The molecule has 0 spiro atoms. The lowest BCUT2D eigenvalue weighted by Crippen LogP contribution is -2.33. The van der Waals surface area contributed by atoms with E-state index in [4.69, 9.17) is 5.11 Å². The topological polar surface area (TPSA) is 66.4 Å². The molecular formula is C12H25NO3S. The fourth-order valence-electron chi connectivity index (χ4n) is 2.42. The molecule has 0 amide bonds. The molecule has 1 saturated carbocycles. The van der Waals surface area contributed by atoms with Gasteiger partial charge in [-0.25, -0.2) is 13.1 Å². The molecular weight excluding hydrogens is 238 g/mol. The minimum Gasteiger partial charge on any atom is -0.396 e. The van der Waals surface area contributed by atoms with E-state index in [1.165, 1.54) is 19.3 Å². The number of sulfonamides is 1. The highest BCUT2D eigenvalue weighted by atomic mass is 32.2. The van der Waals surface area contributed by atoms with E-state index in [9.17, 15) is 8.42 Å². The summed E-state index contributed by atoms with van der Waals surface area (Å²) in [6, 6.07) is 0. The third kappa shape index (κ3) is 5.84. The largest absolute Gasteiger partial charge is 0.396 e. The predicted octanol–water partition coefficient (Wildman–Crippen LogP) is 1.50.